The maximum atomic E-state index is 12.2. The molecular formula is C17H33IN6O2S. The number of sulfone groups is 1. The molecule has 1 aromatic rings. The van der Waals surface area contributed by atoms with E-state index in [1.807, 2.05) is 11.6 Å². The molecule has 0 saturated carbocycles. The van der Waals surface area contributed by atoms with Gasteiger partial charge in [0.25, 0.3) is 0 Å². The molecule has 0 fully saturated rings. The van der Waals surface area contributed by atoms with E-state index in [2.05, 4.69) is 32.6 Å². The first-order valence-electron chi connectivity index (χ1n) is 9.36. The molecule has 1 aliphatic heterocycles. The van der Waals surface area contributed by atoms with Crippen molar-refractivity contribution in [2.45, 2.75) is 71.2 Å². The van der Waals surface area contributed by atoms with Gasteiger partial charge in [0.2, 0.25) is 0 Å². The summed E-state index contributed by atoms with van der Waals surface area (Å²) >= 11 is 0. The third-order valence-electron chi connectivity index (χ3n) is 4.47. The summed E-state index contributed by atoms with van der Waals surface area (Å²) in [6, 6.07) is 0.200. The van der Waals surface area contributed by atoms with E-state index in [4.69, 9.17) is 0 Å². The maximum Gasteiger partial charge on any atom is 0.191 e. The highest BCUT2D eigenvalue weighted by molar-refractivity contribution is 14.0. The Morgan fingerprint density at radius 2 is 2.04 bits per heavy atom. The Kier molecular flexibility index (Phi) is 8.97. The Morgan fingerprint density at radius 1 is 1.33 bits per heavy atom. The molecule has 10 heteroatoms. The molecule has 2 N–H and O–H groups in total. The van der Waals surface area contributed by atoms with Crippen LogP contribution in [0.5, 0.6) is 0 Å². The highest BCUT2D eigenvalue weighted by Crippen LogP contribution is 2.16. The van der Waals surface area contributed by atoms with E-state index < -0.39 is 14.6 Å². The predicted molar refractivity (Wildman–Crippen MR) is 120 cm³/mol. The molecular weight excluding hydrogens is 479 g/mol. The summed E-state index contributed by atoms with van der Waals surface area (Å²) in [4.78, 5) is 8.98. The second-order valence-corrected chi connectivity index (χ2v) is 10.4. The number of aryl methyl sites for hydroxylation is 2. The largest absolute Gasteiger partial charge is 0.357 e. The van der Waals surface area contributed by atoms with Crippen LogP contribution in [0.15, 0.2) is 4.99 Å². The molecule has 0 radical (unpaired) electrons. The smallest absolute Gasteiger partial charge is 0.191 e. The van der Waals surface area contributed by atoms with E-state index in [-0.39, 0.29) is 42.3 Å². The third kappa shape index (κ3) is 6.58. The van der Waals surface area contributed by atoms with Gasteiger partial charge in [-0.15, -0.1) is 24.0 Å². The Labute approximate surface area is 179 Å². The van der Waals surface area contributed by atoms with Crippen LogP contribution in [0.1, 0.15) is 52.7 Å². The van der Waals surface area contributed by atoms with E-state index in [0.29, 0.717) is 5.96 Å². The van der Waals surface area contributed by atoms with Crippen molar-refractivity contribution in [2.75, 3.05) is 18.8 Å². The van der Waals surface area contributed by atoms with Crippen LogP contribution in [0, 0.1) is 0 Å². The number of fused-ring (bicyclic) bond motifs is 1. The molecule has 0 aromatic carbocycles. The van der Waals surface area contributed by atoms with Gasteiger partial charge in [-0.3, -0.25) is 4.99 Å². The number of rotatable bonds is 6. The lowest BCUT2D eigenvalue weighted by molar-refractivity contribution is 0.392. The summed E-state index contributed by atoms with van der Waals surface area (Å²) in [6.45, 7) is 10.9. The minimum atomic E-state index is -3.17. The number of hydrogen-bond donors (Lipinski definition) is 2. The van der Waals surface area contributed by atoms with Crippen LogP contribution in [0.2, 0.25) is 0 Å². The molecule has 0 bridgehead atoms. The predicted octanol–water partition coefficient (Wildman–Crippen LogP) is 1.54. The topological polar surface area (TPSA) is 101 Å². The minimum absolute atomic E-state index is 0. The van der Waals surface area contributed by atoms with E-state index >= 15 is 0 Å². The average molecular weight is 512 g/mol. The molecule has 8 nitrogen and oxygen atoms in total. The van der Waals surface area contributed by atoms with Crippen LogP contribution >= 0.6 is 24.0 Å². The van der Waals surface area contributed by atoms with E-state index in [9.17, 15) is 8.42 Å². The SMILES string of the molecule is CCNC(=NCCS(=O)(=O)C(C)(C)C)NC1CCc2nc(CC)nn2C1.I. The van der Waals surface area contributed by atoms with Crippen LogP contribution in [0.3, 0.4) is 0 Å². The molecule has 156 valence electrons. The summed E-state index contributed by atoms with van der Waals surface area (Å²) in [5.74, 6) is 2.62. The fraction of sp³-hybridized carbons (Fsp3) is 0.824. The van der Waals surface area contributed by atoms with Gasteiger partial charge in [-0.25, -0.2) is 18.1 Å². The van der Waals surface area contributed by atoms with Gasteiger partial charge in [-0.1, -0.05) is 6.92 Å². The first-order valence-corrected chi connectivity index (χ1v) is 11.0. The van der Waals surface area contributed by atoms with Crippen LogP contribution in [-0.4, -0.2) is 58.8 Å². The molecule has 2 heterocycles. The van der Waals surface area contributed by atoms with Crippen molar-refractivity contribution < 1.29 is 8.42 Å². The zero-order valence-corrected chi connectivity index (χ0v) is 20.1. The molecule has 27 heavy (non-hydrogen) atoms. The lowest BCUT2D eigenvalue weighted by atomic mass is 10.1. The van der Waals surface area contributed by atoms with Crippen molar-refractivity contribution in [1.82, 2.24) is 25.4 Å². The molecule has 1 unspecified atom stereocenters. The van der Waals surface area contributed by atoms with E-state index in [0.717, 1.165) is 44.0 Å². The van der Waals surface area contributed by atoms with Gasteiger partial charge >= 0.3 is 0 Å². The van der Waals surface area contributed by atoms with Crippen molar-refractivity contribution in [3.8, 4) is 0 Å². The van der Waals surface area contributed by atoms with Crippen molar-refractivity contribution in [3.05, 3.63) is 11.6 Å². The van der Waals surface area contributed by atoms with Crippen molar-refractivity contribution in [3.63, 3.8) is 0 Å². The van der Waals surface area contributed by atoms with Gasteiger partial charge in [-0.2, -0.15) is 5.10 Å². The summed E-state index contributed by atoms with van der Waals surface area (Å²) in [7, 11) is -3.17. The minimum Gasteiger partial charge on any atom is -0.357 e. The number of hydrogen-bond acceptors (Lipinski definition) is 5. The Balaban J connectivity index is 0.00000364. The molecule has 0 aliphatic carbocycles. The highest BCUT2D eigenvalue weighted by Gasteiger charge is 2.28. The number of nitrogens with zero attached hydrogens (tertiary/aromatic N) is 4. The van der Waals surface area contributed by atoms with Gasteiger partial charge in [0.05, 0.1) is 23.6 Å². The zero-order chi connectivity index (χ0) is 19.4. The van der Waals surface area contributed by atoms with E-state index in [1.165, 1.54) is 0 Å². The zero-order valence-electron chi connectivity index (χ0n) is 16.9. The van der Waals surface area contributed by atoms with Crippen LogP contribution in [-0.2, 0) is 29.2 Å². The lowest BCUT2D eigenvalue weighted by Crippen LogP contribution is -2.47. The van der Waals surface area contributed by atoms with Gasteiger partial charge in [-0.05, 0) is 34.1 Å². The number of halogens is 1. The second kappa shape index (κ2) is 10.0. The quantitative estimate of drug-likeness (QED) is 0.341. The molecule has 1 atom stereocenters. The molecule has 1 aromatic heterocycles. The first kappa shape index (κ1) is 24.1. The number of guanidine groups is 1. The van der Waals surface area contributed by atoms with Crippen LogP contribution in [0.4, 0.5) is 0 Å². The summed E-state index contributed by atoms with van der Waals surface area (Å²) in [5, 5.41) is 11.1. The lowest BCUT2D eigenvalue weighted by Gasteiger charge is -2.25. The van der Waals surface area contributed by atoms with Gasteiger partial charge in [0.1, 0.15) is 5.82 Å². The van der Waals surface area contributed by atoms with Gasteiger partial charge in [0, 0.05) is 25.4 Å². The summed E-state index contributed by atoms with van der Waals surface area (Å²) in [5.41, 5.74) is 0. The Bertz CT molecular complexity index is 739. The van der Waals surface area contributed by atoms with Crippen molar-refractivity contribution in [2.24, 2.45) is 4.99 Å². The van der Waals surface area contributed by atoms with Crippen molar-refractivity contribution in [1.29, 1.82) is 0 Å². The molecule has 1 aliphatic rings. The van der Waals surface area contributed by atoms with Crippen molar-refractivity contribution >= 4 is 39.8 Å². The third-order valence-corrected chi connectivity index (χ3v) is 7.05. The first-order chi connectivity index (χ1) is 12.2. The Morgan fingerprint density at radius 3 is 2.63 bits per heavy atom. The monoisotopic (exact) mass is 512 g/mol. The number of aliphatic imine (C=N–C) groups is 1. The molecule has 0 amide bonds. The summed E-state index contributed by atoms with van der Waals surface area (Å²) < 4.78 is 25.7. The fourth-order valence-corrected chi connectivity index (χ4v) is 3.67. The van der Waals surface area contributed by atoms with Crippen LogP contribution < -0.4 is 10.6 Å². The van der Waals surface area contributed by atoms with E-state index in [1.54, 1.807) is 20.8 Å². The molecule has 0 saturated heterocycles. The molecule has 0 spiro atoms. The normalized spacial score (nSPS) is 17.8. The van der Waals surface area contributed by atoms with Crippen LogP contribution in [0.25, 0.3) is 0 Å². The Hall–Kier alpha value is -0.910. The fourth-order valence-electron chi connectivity index (χ4n) is 2.73. The maximum absolute atomic E-state index is 12.2. The molecule has 2 rings (SSSR count). The van der Waals surface area contributed by atoms with Gasteiger partial charge in [0.15, 0.2) is 21.6 Å². The number of aromatic nitrogens is 3. The van der Waals surface area contributed by atoms with Gasteiger partial charge < -0.3 is 10.6 Å². The average Bonchev–Trinajstić information content (AvgIpc) is 2.96. The number of nitrogens with one attached hydrogen (secondary N) is 2. The standard InChI is InChI=1S/C17H32N6O2S.HI/c1-6-14-21-15-9-8-13(12-23(15)22-14)20-16(18-7-2)19-10-11-26(24,25)17(3,4)5;/h13H,6-12H2,1-5H3,(H2,18,19,20);1H. The second-order valence-electron chi connectivity index (χ2n) is 7.55. The highest BCUT2D eigenvalue weighted by atomic mass is 127. The summed E-state index contributed by atoms with van der Waals surface area (Å²) in [6.07, 6.45) is 2.67.